The van der Waals surface area contributed by atoms with E-state index in [1.54, 1.807) is 12.4 Å². The first-order valence-corrected chi connectivity index (χ1v) is 6.41. The lowest BCUT2D eigenvalue weighted by atomic mass is 10.0. The Morgan fingerprint density at radius 2 is 1.85 bits per heavy atom. The molecule has 0 spiro atoms. The molecule has 0 unspecified atom stereocenters. The maximum atomic E-state index is 12.0. The minimum absolute atomic E-state index is 0.0496. The highest BCUT2D eigenvalue weighted by Crippen LogP contribution is 2.15. The van der Waals surface area contributed by atoms with Crippen LogP contribution in [-0.2, 0) is 4.79 Å². The molecule has 0 atom stereocenters. The number of carbonyl (C=O) groups excluding carboxylic acids is 1. The quantitative estimate of drug-likeness (QED) is 0.819. The first kappa shape index (κ1) is 12.6. The van der Waals surface area contributed by atoms with Crippen molar-refractivity contribution in [3.63, 3.8) is 0 Å². The smallest absolute Gasteiger partial charge is 0.251 e. The molecular weight excluding hydrogens is 254 g/mol. The van der Waals surface area contributed by atoms with Crippen molar-refractivity contribution in [1.29, 1.82) is 0 Å². The van der Waals surface area contributed by atoms with Crippen molar-refractivity contribution in [3.8, 4) is 5.69 Å². The summed E-state index contributed by atoms with van der Waals surface area (Å²) in [6.07, 6.45) is 3.25. The van der Waals surface area contributed by atoms with Crippen molar-refractivity contribution in [1.82, 2.24) is 20.3 Å². The zero-order chi connectivity index (χ0) is 13.9. The summed E-state index contributed by atoms with van der Waals surface area (Å²) in [6, 6.07) is 7.41. The molecule has 1 fully saturated rings. The maximum absolute atomic E-state index is 12.0. The van der Waals surface area contributed by atoms with Gasteiger partial charge in [-0.2, -0.15) is 15.0 Å². The molecule has 2 aromatic rings. The van der Waals surface area contributed by atoms with E-state index in [4.69, 9.17) is 0 Å². The third-order valence-electron chi connectivity index (χ3n) is 3.32. The summed E-state index contributed by atoms with van der Waals surface area (Å²) in [6.45, 7) is 3.47. The van der Waals surface area contributed by atoms with E-state index in [0.717, 1.165) is 30.0 Å². The normalized spacial score (nSPS) is 13.8. The molecule has 2 heterocycles. The summed E-state index contributed by atoms with van der Waals surface area (Å²) in [5, 5.41) is 14.1. The maximum Gasteiger partial charge on any atom is 0.251 e. The van der Waals surface area contributed by atoms with Gasteiger partial charge in [0.15, 0.2) is 0 Å². The molecule has 102 valence electrons. The Kier molecular flexibility index (Phi) is 3.30. The number of benzene rings is 1. The summed E-state index contributed by atoms with van der Waals surface area (Å²) in [7, 11) is 0. The van der Waals surface area contributed by atoms with Crippen molar-refractivity contribution in [3.05, 3.63) is 47.8 Å². The highest BCUT2D eigenvalue weighted by Gasteiger charge is 2.15. The molecule has 1 saturated heterocycles. The minimum atomic E-state index is -0.0496. The number of hydrogen-bond donors (Lipinski definition) is 2. The molecule has 0 saturated carbocycles. The van der Waals surface area contributed by atoms with Gasteiger partial charge in [-0.25, -0.2) is 0 Å². The average molecular weight is 269 g/mol. The minimum Gasteiger partial charge on any atom is -0.322 e. The molecule has 0 radical (unpaired) electrons. The van der Waals surface area contributed by atoms with Gasteiger partial charge in [-0.15, -0.1) is 0 Å². The van der Waals surface area contributed by atoms with E-state index < -0.39 is 0 Å². The predicted molar refractivity (Wildman–Crippen MR) is 75.6 cm³/mol. The third-order valence-corrected chi connectivity index (χ3v) is 3.32. The van der Waals surface area contributed by atoms with E-state index in [9.17, 15) is 4.79 Å². The van der Waals surface area contributed by atoms with Crippen LogP contribution in [0.1, 0.15) is 6.92 Å². The van der Waals surface area contributed by atoms with Crippen LogP contribution in [0, 0.1) is 0 Å². The van der Waals surface area contributed by atoms with Crippen LogP contribution in [0.3, 0.4) is 0 Å². The molecule has 6 nitrogen and oxygen atoms in total. The lowest BCUT2D eigenvalue weighted by molar-refractivity contribution is -0.112. The Hall–Kier alpha value is -2.47. The number of hydrogen-bond acceptors (Lipinski definition) is 4. The molecule has 0 bridgehead atoms. The standard InChI is InChI=1S/C14H15N5O/c1-10(11-8-15-9-11)14(20)18-12-2-4-13(5-3-12)19-16-6-7-17-19/h2-7,15H,8-9H2,1H3,(H,18,20). The fourth-order valence-corrected chi connectivity index (χ4v) is 1.93. The summed E-state index contributed by atoms with van der Waals surface area (Å²) in [4.78, 5) is 13.6. The first-order chi connectivity index (χ1) is 9.74. The second-order valence-corrected chi connectivity index (χ2v) is 4.65. The fourth-order valence-electron chi connectivity index (χ4n) is 1.93. The topological polar surface area (TPSA) is 71.8 Å². The lowest BCUT2D eigenvalue weighted by Gasteiger charge is -2.21. The molecule has 1 amide bonds. The lowest BCUT2D eigenvalue weighted by Crippen LogP contribution is -2.36. The zero-order valence-corrected chi connectivity index (χ0v) is 11.1. The Labute approximate surface area is 116 Å². The summed E-state index contributed by atoms with van der Waals surface area (Å²) in [5.41, 5.74) is 3.57. The summed E-state index contributed by atoms with van der Waals surface area (Å²) < 4.78 is 0. The Bertz CT molecular complexity index is 637. The largest absolute Gasteiger partial charge is 0.322 e. The predicted octanol–water partition coefficient (Wildman–Crippen LogP) is 1.13. The van der Waals surface area contributed by atoms with Gasteiger partial charge in [0.2, 0.25) is 0 Å². The van der Waals surface area contributed by atoms with E-state index in [1.165, 1.54) is 10.4 Å². The Morgan fingerprint density at radius 1 is 1.20 bits per heavy atom. The summed E-state index contributed by atoms with van der Waals surface area (Å²) in [5.74, 6) is -0.0496. The molecule has 1 aliphatic rings. The van der Waals surface area contributed by atoms with Crippen molar-refractivity contribution < 1.29 is 4.79 Å². The highest BCUT2D eigenvalue weighted by atomic mass is 16.1. The van der Waals surface area contributed by atoms with Gasteiger partial charge in [-0.1, -0.05) is 0 Å². The SMILES string of the molecule is CC(C(=O)Nc1ccc(-n2nccn2)cc1)=C1CNC1. The molecule has 0 aliphatic carbocycles. The van der Waals surface area contributed by atoms with Crippen LogP contribution >= 0.6 is 0 Å². The van der Waals surface area contributed by atoms with Crippen LogP contribution < -0.4 is 10.6 Å². The molecule has 1 aliphatic heterocycles. The number of aromatic nitrogens is 3. The van der Waals surface area contributed by atoms with Gasteiger partial charge in [-0.05, 0) is 36.8 Å². The number of nitrogens with one attached hydrogen (secondary N) is 2. The highest BCUT2D eigenvalue weighted by molar-refractivity contribution is 6.04. The van der Waals surface area contributed by atoms with Gasteiger partial charge in [0.1, 0.15) is 0 Å². The van der Waals surface area contributed by atoms with Crippen molar-refractivity contribution in [2.75, 3.05) is 18.4 Å². The van der Waals surface area contributed by atoms with Crippen LogP contribution in [0.5, 0.6) is 0 Å². The van der Waals surface area contributed by atoms with Gasteiger partial charge in [0.25, 0.3) is 5.91 Å². The zero-order valence-electron chi connectivity index (χ0n) is 11.1. The van der Waals surface area contributed by atoms with Crippen molar-refractivity contribution >= 4 is 11.6 Å². The second-order valence-electron chi connectivity index (χ2n) is 4.65. The van der Waals surface area contributed by atoms with Crippen molar-refractivity contribution in [2.24, 2.45) is 0 Å². The van der Waals surface area contributed by atoms with Crippen LogP contribution in [0.2, 0.25) is 0 Å². The van der Waals surface area contributed by atoms with E-state index in [1.807, 2.05) is 31.2 Å². The fraction of sp³-hybridized carbons (Fsp3) is 0.214. The third kappa shape index (κ3) is 2.46. The van der Waals surface area contributed by atoms with Gasteiger partial charge in [0, 0.05) is 24.4 Å². The van der Waals surface area contributed by atoms with Gasteiger partial charge in [0.05, 0.1) is 18.1 Å². The van der Waals surface area contributed by atoms with Crippen LogP contribution in [-0.4, -0.2) is 34.0 Å². The average Bonchev–Trinajstić information content (AvgIpc) is 2.91. The van der Waals surface area contributed by atoms with Gasteiger partial charge >= 0.3 is 0 Å². The molecule has 6 heteroatoms. The monoisotopic (exact) mass is 269 g/mol. The number of rotatable bonds is 3. The number of nitrogens with zero attached hydrogens (tertiary/aromatic N) is 3. The molecule has 1 aromatic carbocycles. The number of amides is 1. The van der Waals surface area contributed by atoms with Crippen molar-refractivity contribution in [2.45, 2.75) is 6.92 Å². The molecular formula is C14H15N5O. The first-order valence-electron chi connectivity index (χ1n) is 6.41. The van der Waals surface area contributed by atoms with Crippen LogP contribution in [0.25, 0.3) is 5.69 Å². The Morgan fingerprint density at radius 3 is 2.40 bits per heavy atom. The van der Waals surface area contributed by atoms with E-state index in [-0.39, 0.29) is 5.91 Å². The second kappa shape index (κ2) is 5.26. The molecule has 20 heavy (non-hydrogen) atoms. The molecule has 3 rings (SSSR count). The summed E-state index contributed by atoms with van der Waals surface area (Å²) >= 11 is 0. The van der Waals surface area contributed by atoms with Gasteiger partial charge < -0.3 is 10.6 Å². The molecule has 2 N–H and O–H groups in total. The van der Waals surface area contributed by atoms with E-state index >= 15 is 0 Å². The van der Waals surface area contributed by atoms with Crippen LogP contribution in [0.4, 0.5) is 5.69 Å². The Balaban J connectivity index is 1.71. The van der Waals surface area contributed by atoms with E-state index in [0.29, 0.717) is 0 Å². The van der Waals surface area contributed by atoms with E-state index in [2.05, 4.69) is 20.8 Å². The van der Waals surface area contributed by atoms with Gasteiger partial charge in [-0.3, -0.25) is 4.79 Å². The number of carbonyl (C=O) groups is 1. The molecule has 1 aromatic heterocycles. The van der Waals surface area contributed by atoms with Crippen LogP contribution in [0.15, 0.2) is 47.8 Å². The number of anilines is 1.